The average Bonchev–Trinajstić information content (AvgIpc) is 3.33. The molecule has 2 amide bonds. The van der Waals surface area contributed by atoms with Crippen LogP contribution in [0.15, 0.2) is 0 Å². The summed E-state index contributed by atoms with van der Waals surface area (Å²) in [5.74, 6) is -0.155. The van der Waals surface area contributed by atoms with Crippen LogP contribution in [0.3, 0.4) is 0 Å². The van der Waals surface area contributed by atoms with Crippen LogP contribution >= 0.6 is 22.7 Å². The molecule has 0 atom stereocenters. The minimum absolute atomic E-state index is 0.0773. The van der Waals surface area contributed by atoms with Gasteiger partial charge < -0.3 is 20.1 Å². The summed E-state index contributed by atoms with van der Waals surface area (Å²) >= 11 is 2.70. The van der Waals surface area contributed by atoms with Crippen molar-refractivity contribution in [2.75, 3.05) is 37.1 Å². The van der Waals surface area contributed by atoms with Gasteiger partial charge in [-0.2, -0.15) is 0 Å². The molecular weight excluding hydrogens is 404 g/mol. The summed E-state index contributed by atoms with van der Waals surface area (Å²) < 4.78 is 11.0. The smallest absolute Gasteiger partial charge is 0.225 e. The summed E-state index contributed by atoms with van der Waals surface area (Å²) in [7, 11) is 0. The van der Waals surface area contributed by atoms with E-state index in [2.05, 4.69) is 31.0 Å². The van der Waals surface area contributed by atoms with Crippen LogP contribution in [0.25, 0.3) is 0 Å². The molecule has 0 fully saturated rings. The Morgan fingerprint density at radius 1 is 0.750 bits per heavy atom. The highest BCUT2D eigenvalue weighted by Crippen LogP contribution is 2.16. The van der Waals surface area contributed by atoms with Crippen LogP contribution in [-0.4, -0.2) is 58.6 Å². The van der Waals surface area contributed by atoms with Crippen LogP contribution in [0.5, 0.6) is 0 Å². The van der Waals surface area contributed by atoms with E-state index in [1.807, 2.05) is 0 Å². The molecule has 12 heteroatoms. The van der Waals surface area contributed by atoms with Crippen LogP contribution in [-0.2, 0) is 31.9 Å². The van der Waals surface area contributed by atoms with Crippen molar-refractivity contribution >= 4 is 44.8 Å². The second-order valence-electron chi connectivity index (χ2n) is 5.53. The van der Waals surface area contributed by atoms with Gasteiger partial charge in [0.25, 0.3) is 0 Å². The van der Waals surface area contributed by atoms with E-state index in [1.54, 1.807) is 13.8 Å². The molecular formula is C16H24N6O4S2. The van der Waals surface area contributed by atoms with Gasteiger partial charge in [0.15, 0.2) is 0 Å². The van der Waals surface area contributed by atoms with E-state index in [0.717, 1.165) is 10.0 Å². The molecule has 2 rings (SSSR count). The van der Waals surface area contributed by atoms with Crippen LogP contribution in [0.4, 0.5) is 10.3 Å². The molecule has 2 aromatic rings. The Bertz CT molecular complexity index is 689. The molecule has 2 aromatic heterocycles. The van der Waals surface area contributed by atoms with E-state index in [4.69, 9.17) is 9.47 Å². The van der Waals surface area contributed by atoms with E-state index in [1.165, 1.54) is 22.7 Å². The number of hydrogen-bond acceptors (Lipinski definition) is 10. The van der Waals surface area contributed by atoms with E-state index < -0.39 is 0 Å². The molecule has 0 aliphatic carbocycles. The van der Waals surface area contributed by atoms with Gasteiger partial charge in [-0.3, -0.25) is 9.59 Å². The number of nitrogens with one attached hydrogen (secondary N) is 2. The average molecular weight is 429 g/mol. The maximum atomic E-state index is 11.3. The topological polar surface area (TPSA) is 128 Å². The Hall–Kier alpha value is -2.02. The first-order valence-electron chi connectivity index (χ1n) is 9.00. The van der Waals surface area contributed by atoms with Crippen molar-refractivity contribution in [1.29, 1.82) is 0 Å². The van der Waals surface area contributed by atoms with Gasteiger partial charge in [-0.15, -0.1) is 20.4 Å². The minimum Gasteiger partial charge on any atom is -0.379 e. The number of carbonyl (C=O) groups excluding carboxylic acids is 2. The highest BCUT2D eigenvalue weighted by molar-refractivity contribution is 7.15. The van der Waals surface area contributed by atoms with Crippen LogP contribution in [0, 0.1) is 0 Å². The lowest BCUT2D eigenvalue weighted by Crippen LogP contribution is -2.08. The fraction of sp³-hybridized carbons (Fsp3) is 0.625. The molecule has 154 valence electrons. The molecule has 0 aromatic carbocycles. The number of amides is 2. The maximum Gasteiger partial charge on any atom is 0.225 e. The summed E-state index contributed by atoms with van der Waals surface area (Å²) in [6, 6.07) is 0. The van der Waals surface area contributed by atoms with E-state index in [-0.39, 0.29) is 11.8 Å². The van der Waals surface area contributed by atoms with Crippen molar-refractivity contribution in [1.82, 2.24) is 20.4 Å². The first-order chi connectivity index (χ1) is 13.6. The third-order valence-electron chi connectivity index (χ3n) is 3.36. The van der Waals surface area contributed by atoms with E-state index in [9.17, 15) is 9.59 Å². The molecule has 0 bridgehead atoms. The Labute approximate surface area is 171 Å². The largest absolute Gasteiger partial charge is 0.379 e. The monoisotopic (exact) mass is 428 g/mol. The van der Waals surface area contributed by atoms with Gasteiger partial charge in [0.1, 0.15) is 10.0 Å². The van der Waals surface area contributed by atoms with Gasteiger partial charge in [-0.05, 0) is 0 Å². The van der Waals surface area contributed by atoms with E-state index in [0.29, 0.717) is 62.4 Å². The highest BCUT2D eigenvalue weighted by atomic mass is 32.1. The lowest BCUT2D eigenvalue weighted by atomic mass is 10.5. The molecule has 0 aliphatic rings. The van der Waals surface area contributed by atoms with Crippen molar-refractivity contribution in [3.05, 3.63) is 10.0 Å². The summed E-state index contributed by atoms with van der Waals surface area (Å²) in [4.78, 5) is 22.6. The van der Waals surface area contributed by atoms with Crippen LogP contribution < -0.4 is 10.6 Å². The number of carbonyl (C=O) groups is 2. The Kier molecular flexibility index (Phi) is 9.90. The Morgan fingerprint density at radius 3 is 1.57 bits per heavy atom. The second kappa shape index (κ2) is 12.4. The zero-order chi connectivity index (χ0) is 20.2. The van der Waals surface area contributed by atoms with Gasteiger partial charge in [0.2, 0.25) is 22.1 Å². The van der Waals surface area contributed by atoms with Gasteiger partial charge in [-0.1, -0.05) is 36.5 Å². The minimum atomic E-state index is -0.0773. The second-order valence-corrected chi connectivity index (χ2v) is 7.65. The van der Waals surface area contributed by atoms with Crippen LogP contribution in [0.1, 0.15) is 36.7 Å². The predicted molar refractivity (Wildman–Crippen MR) is 107 cm³/mol. The molecule has 0 saturated carbocycles. The number of aromatic nitrogens is 4. The van der Waals surface area contributed by atoms with Crippen molar-refractivity contribution < 1.29 is 19.1 Å². The van der Waals surface area contributed by atoms with Crippen molar-refractivity contribution in [2.45, 2.75) is 39.5 Å². The third kappa shape index (κ3) is 8.33. The summed E-state index contributed by atoms with van der Waals surface area (Å²) in [5, 5.41) is 23.9. The first kappa shape index (κ1) is 22.3. The number of anilines is 2. The molecule has 10 nitrogen and oxygen atoms in total. The zero-order valence-corrected chi connectivity index (χ0v) is 17.5. The van der Waals surface area contributed by atoms with Gasteiger partial charge in [0.05, 0.1) is 26.4 Å². The van der Waals surface area contributed by atoms with E-state index >= 15 is 0 Å². The van der Waals surface area contributed by atoms with Gasteiger partial charge in [0, 0.05) is 25.7 Å². The molecule has 0 unspecified atom stereocenters. The highest BCUT2D eigenvalue weighted by Gasteiger charge is 2.08. The maximum absolute atomic E-state index is 11.3. The lowest BCUT2D eigenvalue weighted by molar-refractivity contribution is -0.116. The fourth-order valence-corrected chi connectivity index (χ4v) is 3.34. The molecule has 0 radical (unpaired) electrons. The summed E-state index contributed by atoms with van der Waals surface area (Å²) in [6.45, 7) is 5.54. The standard InChI is InChI=1S/C16H24N6O4S2/c1-3-11(23)17-15-21-19-13(27-15)5-7-25-9-10-26-8-6-14-20-22-16(28-14)18-12(24)4-2/h3-10H2,1-2H3,(H,17,21,23)(H,18,22,24). The lowest BCUT2D eigenvalue weighted by Gasteiger charge is -2.04. The zero-order valence-electron chi connectivity index (χ0n) is 15.9. The third-order valence-corrected chi connectivity index (χ3v) is 5.16. The molecule has 2 N–H and O–H groups in total. The molecule has 28 heavy (non-hydrogen) atoms. The molecule has 0 spiro atoms. The summed E-state index contributed by atoms with van der Waals surface area (Å²) in [5.41, 5.74) is 0. The Balaban J connectivity index is 1.50. The SMILES string of the molecule is CCC(=O)Nc1nnc(CCOCCOCCc2nnc(NC(=O)CC)s2)s1. The predicted octanol–water partition coefficient (Wildman–Crippen LogP) is 1.90. The van der Waals surface area contributed by atoms with Crippen molar-refractivity contribution in [3.63, 3.8) is 0 Å². The molecule has 0 aliphatic heterocycles. The first-order valence-corrected chi connectivity index (χ1v) is 10.6. The number of nitrogens with zero attached hydrogens (tertiary/aromatic N) is 4. The normalized spacial score (nSPS) is 10.8. The fourth-order valence-electron chi connectivity index (χ4n) is 1.87. The molecule has 0 saturated heterocycles. The van der Waals surface area contributed by atoms with Gasteiger partial charge in [-0.25, -0.2) is 0 Å². The molecule has 2 heterocycles. The number of rotatable bonds is 13. The summed E-state index contributed by atoms with van der Waals surface area (Å²) in [6.07, 6.45) is 2.09. The van der Waals surface area contributed by atoms with Crippen LogP contribution in [0.2, 0.25) is 0 Å². The Morgan fingerprint density at radius 2 is 1.18 bits per heavy atom. The quantitative estimate of drug-likeness (QED) is 0.463. The van der Waals surface area contributed by atoms with Gasteiger partial charge >= 0.3 is 0 Å². The van der Waals surface area contributed by atoms with Crippen molar-refractivity contribution in [2.24, 2.45) is 0 Å². The number of hydrogen-bond donors (Lipinski definition) is 2. The number of ether oxygens (including phenoxy) is 2. The van der Waals surface area contributed by atoms with Crippen molar-refractivity contribution in [3.8, 4) is 0 Å².